The van der Waals surface area contributed by atoms with E-state index < -0.39 is 0 Å². The molecule has 0 aromatic carbocycles. The summed E-state index contributed by atoms with van der Waals surface area (Å²) in [5, 5.41) is 3.20. The summed E-state index contributed by atoms with van der Waals surface area (Å²) in [6.07, 6.45) is 6.08. The number of likely N-dealkylation sites (N-methyl/N-ethyl adjacent to an activating group) is 1. The maximum atomic E-state index is 11.6. The molecule has 1 rings (SSSR count). The van der Waals surface area contributed by atoms with Gasteiger partial charge in [-0.05, 0) is 51.6 Å². The largest absolute Gasteiger partial charge is 0.468 e. The van der Waals surface area contributed by atoms with Gasteiger partial charge >= 0.3 is 5.97 Å². The fourth-order valence-corrected chi connectivity index (χ4v) is 2.89. The summed E-state index contributed by atoms with van der Waals surface area (Å²) in [6.45, 7) is 6.10. The van der Waals surface area contributed by atoms with Crippen LogP contribution in [0.4, 0.5) is 0 Å². The van der Waals surface area contributed by atoms with Crippen LogP contribution in [0.2, 0.25) is 0 Å². The third-order valence-electron chi connectivity index (χ3n) is 4.32. The van der Waals surface area contributed by atoms with E-state index in [9.17, 15) is 4.79 Å². The SMILES string of the molecule is CCNC(CCN(C)C1CCC(C)CC1)C(=O)OC. The molecule has 4 nitrogen and oxygen atoms in total. The van der Waals surface area contributed by atoms with Crippen molar-refractivity contribution in [1.82, 2.24) is 10.2 Å². The Kier molecular flexibility index (Phi) is 7.39. The zero-order chi connectivity index (χ0) is 14.3. The lowest BCUT2D eigenvalue weighted by molar-refractivity contribution is -0.143. The van der Waals surface area contributed by atoms with Crippen molar-refractivity contribution in [3.63, 3.8) is 0 Å². The molecular formula is C15H30N2O2. The third-order valence-corrected chi connectivity index (χ3v) is 4.32. The molecular weight excluding hydrogens is 240 g/mol. The van der Waals surface area contributed by atoms with Gasteiger partial charge in [0.15, 0.2) is 0 Å². The standard InChI is InChI=1S/C15H30N2O2/c1-5-16-14(15(18)19-4)10-11-17(3)13-8-6-12(2)7-9-13/h12-14,16H,5-11H2,1-4H3. The van der Waals surface area contributed by atoms with Crippen LogP contribution in [0.15, 0.2) is 0 Å². The highest BCUT2D eigenvalue weighted by atomic mass is 16.5. The molecule has 112 valence electrons. The number of nitrogens with one attached hydrogen (secondary N) is 1. The van der Waals surface area contributed by atoms with Crippen molar-refractivity contribution in [2.24, 2.45) is 5.92 Å². The van der Waals surface area contributed by atoms with Crippen LogP contribution in [-0.2, 0) is 9.53 Å². The first-order valence-electron chi connectivity index (χ1n) is 7.59. The van der Waals surface area contributed by atoms with E-state index in [2.05, 4.69) is 24.2 Å². The zero-order valence-corrected chi connectivity index (χ0v) is 12.9. The summed E-state index contributed by atoms with van der Waals surface area (Å²) in [5.74, 6) is 0.738. The molecule has 1 unspecified atom stereocenters. The Hall–Kier alpha value is -0.610. The molecule has 1 fully saturated rings. The molecule has 1 saturated carbocycles. The van der Waals surface area contributed by atoms with Gasteiger partial charge in [0, 0.05) is 12.6 Å². The lowest BCUT2D eigenvalue weighted by atomic mass is 9.86. The summed E-state index contributed by atoms with van der Waals surface area (Å²) >= 11 is 0. The van der Waals surface area contributed by atoms with Crippen molar-refractivity contribution < 1.29 is 9.53 Å². The van der Waals surface area contributed by atoms with E-state index in [-0.39, 0.29) is 12.0 Å². The molecule has 0 radical (unpaired) electrons. The van der Waals surface area contributed by atoms with Gasteiger partial charge in [-0.15, -0.1) is 0 Å². The lowest BCUT2D eigenvalue weighted by Crippen LogP contribution is -2.42. The Morgan fingerprint density at radius 2 is 2.00 bits per heavy atom. The number of carbonyl (C=O) groups is 1. The second-order valence-corrected chi connectivity index (χ2v) is 5.82. The van der Waals surface area contributed by atoms with Crippen molar-refractivity contribution in [2.45, 2.75) is 58.0 Å². The number of nitrogens with zero attached hydrogens (tertiary/aromatic N) is 1. The van der Waals surface area contributed by atoms with Crippen LogP contribution in [0, 0.1) is 5.92 Å². The summed E-state index contributed by atoms with van der Waals surface area (Å²) in [7, 11) is 3.64. The fraction of sp³-hybridized carbons (Fsp3) is 0.933. The summed E-state index contributed by atoms with van der Waals surface area (Å²) < 4.78 is 4.84. The Morgan fingerprint density at radius 3 is 2.53 bits per heavy atom. The molecule has 0 aromatic heterocycles. The van der Waals surface area contributed by atoms with Crippen LogP contribution in [0.25, 0.3) is 0 Å². The molecule has 0 saturated heterocycles. The van der Waals surface area contributed by atoms with Crippen LogP contribution in [-0.4, -0.2) is 50.2 Å². The molecule has 1 aliphatic rings. The minimum atomic E-state index is -0.167. The highest BCUT2D eigenvalue weighted by Crippen LogP contribution is 2.26. The molecule has 1 atom stereocenters. The number of hydrogen-bond acceptors (Lipinski definition) is 4. The van der Waals surface area contributed by atoms with Gasteiger partial charge in [0.25, 0.3) is 0 Å². The lowest BCUT2D eigenvalue weighted by Gasteiger charge is -2.34. The monoisotopic (exact) mass is 270 g/mol. The van der Waals surface area contributed by atoms with E-state index >= 15 is 0 Å². The van der Waals surface area contributed by atoms with Gasteiger partial charge in [-0.1, -0.05) is 13.8 Å². The summed E-state index contributed by atoms with van der Waals surface area (Å²) in [5.41, 5.74) is 0. The Morgan fingerprint density at radius 1 is 1.37 bits per heavy atom. The number of methoxy groups -OCH3 is 1. The molecule has 1 N–H and O–H groups in total. The number of ether oxygens (including phenoxy) is 1. The molecule has 0 spiro atoms. The predicted octanol–water partition coefficient (Wildman–Crippen LogP) is 2.04. The van der Waals surface area contributed by atoms with Crippen LogP contribution in [0.5, 0.6) is 0 Å². The highest BCUT2D eigenvalue weighted by Gasteiger charge is 2.23. The number of carbonyl (C=O) groups excluding carboxylic acids is 1. The fourth-order valence-electron chi connectivity index (χ4n) is 2.89. The number of rotatable bonds is 7. The Balaban J connectivity index is 2.34. The van der Waals surface area contributed by atoms with Gasteiger partial charge in [-0.3, -0.25) is 4.79 Å². The van der Waals surface area contributed by atoms with Crippen LogP contribution >= 0.6 is 0 Å². The molecule has 1 aliphatic carbocycles. The van der Waals surface area contributed by atoms with Crippen molar-refractivity contribution in [3.05, 3.63) is 0 Å². The van der Waals surface area contributed by atoms with Gasteiger partial charge < -0.3 is 15.0 Å². The number of esters is 1. The van der Waals surface area contributed by atoms with Crippen molar-refractivity contribution in [2.75, 3.05) is 27.2 Å². The first kappa shape index (κ1) is 16.4. The van der Waals surface area contributed by atoms with Crippen molar-refractivity contribution >= 4 is 5.97 Å². The van der Waals surface area contributed by atoms with E-state index in [0.29, 0.717) is 6.04 Å². The first-order valence-corrected chi connectivity index (χ1v) is 7.59. The van der Waals surface area contributed by atoms with Gasteiger partial charge in [0.05, 0.1) is 7.11 Å². The second kappa shape index (κ2) is 8.54. The molecule has 0 bridgehead atoms. The predicted molar refractivity (Wildman–Crippen MR) is 78.1 cm³/mol. The van der Waals surface area contributed by atoms with E-state index in [4.69, 9.17) is 4.74 Å². The molecule has 0 aromatic rings. The van der Waals surface area contributed by atoms with Crippen molar-refractivity contribution in [1.29, 1.82) is 0 Å². The van der Waals surface area contributed by atoms with Gasteiger partial charge in [-0.2, -0.15) is 0 Å². The number of hydrogen-bond donors (Lipinski definition) is 1. The molecule has 19 heavy (non-hydrogen) atoms. The minimum absolute atomic E-state index is 0.146. The third kappa shape index (κ3) is 5.49. The summed E-state index contributed by atoms with van der Waals surface area (Å²) in [6, 6.07) is 0.524. The molecule has 4 heteroatoms. The van der Waals surface area contributed by atoms with Crippen molar-refractivity contribution in [3.8, 4) is 0 Å². The second-order valence-electron chi connectivity index (χ2n) is 5.82. The Labute approximate surface area is 117 Å². The van der Waals surface area contributed by atoms with Crippen LogP contribution in [0.1, 0.15) is 46.0 Å². The summed E-state index contributed by atoms with van der Waals surface area (Å²) in [4.78, 5) is 14.0. The normalized spacial score (nSPS) is 25.3. The van der Waals surface area contributed by atoms with E-state index in [1.807, 2.05) is 6.92 Å². The van der Waals surface area contributed by atoms with E-state index in [1.165, 1.54) is 32.8 Å². The molecule has 0 heterocycles. The topological polar surface area (TPSA) is 41.6 Å². The zero-order valence-electron chi connectivity index (χ0n) is 12.9. The molecule has 0 aliphatic heterocycles. The van der Waals surface area contributed by atoms with E-state index in [1.54, 1.807) is 0 Å². The van der Waals surface area contributed by atoms with E-state index in [0.717, 1.165) is 25.4 Å². The average molecular weight is 270 g/mol. The first-order chi connectivity index (χ1) is 9.08. The highest BCUT2D eigenvalue weighted by molar-refractivity contribution is 5.75. The maximum Gasteiger partial charge on any atom is 0.322 e. The Bertz CT molecular complexity index is 263. The average Bonchev–Trinajstić information content (AvgIpc) is 2.43. The molecule has 0 amide bonds. The quantitative estimate of drug-likeness (QED) is 0.719. The van der Waals surface area contributed by atoms with Gasteiger partial charge in [-0.25, -0.2) is 0 Å². The maximum absolute atomic E-state index is 11.6. The minimum Gasteiger partial charge on any atom is -0.468 e. The van der Waals surface area contributed by atoms with Gasteiger partial charge in [0.2, 0.25) is 0 Å². The van der Waals surface area contributed by atoms with Gasteiger partial charge in [0.1, 0.15) is 6.04 Å². The van der Waals surface area contributed by atoms with Crippen LogP contribution in [0.3, 0.4) is 0 Å². The van der Waals surface area contributed by atoms with Crippen LogP contribution < -0.4 is 5.32 Å². The smallest absolute Gasteiger partial charge is 0.322 e.